The molecule has 3 N–H and O–H groups in total. The molecule has 0 aliphatic heterocycles. The quantitative estimate of drug-likeness (QED) is 0.570. The van der Waals surface area contributed by atoms with Crippen LogP contribution in [0.3, 0.4) is 0 Å². The van der Waals surface area contributed by atoms with Crippen LogP contribution in [0.2, 0.25) is 0 Å². The zero-order chi connectivity index (χ0) is 21.6. The number of hydrogen-bond donors (Lipinski definition) is 3. The highest BCUT2D eigenvalue weighted by molar-refractivity contribution is 7.92. The van der Waals surface area contributed by atoms with Crippen LogP contribution in [-0.4, -0.2) is 33.3 Å². The minimum absolute atomic E-state index is 0.0920. The molecule has 156 valence electrons. The van der Waals surface area contributed by atoms with Gasteiger partial charge in [-0.2, -0.15) is 0 Å². The molecule has 0 aliphatic rings. The molecule has 29 heavy (non-hydrogen) atoms. The predicted octanol–water partition coefficient (Wildman–Crippen LogP) is 2.44. The highest BCUT2D eigenvalue weighted by Crippen LogP contribution is 2.19. The molecule has 0 spiro atoms. The minimum atomic E-state index is -3.95. The van der Waals surface area contributed by atoms with Crippen LogP contribution >= 0.6 is 0 Å². The van der Waals surface area contributed by atoms with Crippen molar-refractivity contribution in [2.45, 2.75) is 25.7 Å². The van der Waals surface area contributed by atoms with Gasteiger partial charge in [-0.15, -0.1) is 0 Å². The predicted molar refractivity (Wildman–Crippen MR) is 109 cm³/mol. The van der Waals surface area contributed by atoms with Gasteiger partial charge in [0.15, 0.2) is 0 Å². The molecule has 0 fully saturated rings. The summed E-state index contributed by atoms with van der Waals surface area (Å²) in [5.41, 5.74) is 1.02. The van der Waals surface area contributed by atoms with Gasteiger partial charge in [-0.25, -0.2) is 12.8 Å². The van der Waals surface area contributed by atoms with Crippen LogP contribution in [-0.2, 0) is 14.8 Å². The van der Waals surface area contributed by atoms with E-state index in [0.717, 1.165) is 12.1 Å². The molecular weight excluding hydrogens is 397 g/mol. The summed E-state index contributed by atoms with van der Waals surface area (Å²) < 4.78 is 40.5. The summed E-state index contributed by atoms with van der Waals surface area (Å²) in [5, 5.41) is 5.34. The Balaban J connectivity index is 2.08. The lowest BCUT2D eigenvalue weighted by Crippen LogP contribution is -2.36. The number of sulfonamides is 1. The average molecular weight is 421 g/mol. The molecule has 2 aromatic rings. The maximum absolute atomic E-state index is 13.0. The number of nitrogens with one attached hydrogen (secondary N) is 3. The molecule has 0 aromatic heterocycles. The molecule has 0 heterocycles. The Hall–Kier alpha value is -2.94. The number of anilines is 1. The molecule has 9 heteroatoms. The zero-order valence-corrected chi connectivity index (χ0v) is 17.3. The van der Waals surface area contributed by atoms with Gasteiger partial charge in [-0.05, 0) is 48.9 Å². The van der Waals surface area contributed by atoms with Crippen molar-refractivity contribution >= 4 is 27.5 Å². The van der Waals surface area contributed by atoms with Gasteiger partial charge in [-0.1, -0.05) is 19.9 Å². The summed E-state index contributed by atoms with van der Waals surface area (Å²) >= 11 is 0. The van der Waals surface area contributed by atoms with Gasteiger partial charge >= 0.3 is 0 Å². The maximum atomic E-state index is 13.0. The zero-order valence-electron chi connectivity index (χ0n) is 16.5. The van der Waals surface area contributed by atoms with Crippen LogP contribution in [0.25, 0.3) is 0 Å². The molecule has 0 radical (unpaired) electrons. The van der Waals surface area contributed by atoms with Crippen molar-refractivity contribution in [3.05, 3.63) is 59.4 Å². The Morgan fingerprint density at radius 1 is 1.00 bits per heavy atom. The fraction of sp³-hybridized carbons (Fsp3) is 0.300. The van der Waals surface area contributed by atoms with Crippen molar-refractivity contribution in [1.82, 2.24) is 10.6 Å². The first kappa shape index (κ1) is 22.4. The number of aryl methyl sites for hydroxylation is 1. The smallest absolute Gasteiger partial charge is 0.261 e. The van der Waals surface area contributed by atoms with Crippen molar-refractivity contribution in [3.63, 3.8) is 0 Å². The van der Waals surface area contributed by atoms with E-state index >= 15 is 0 Å². The number of carbonyl (C=O) groups is 2. The Morgan fingerprint density at radius 2 is 1.62 bits per heavy atom. The lowest BCUT2D eigenvalue weighted by molar-refractivity contribution is -0.123. The Kier molecular flexibility index (Phi) is 7.33. The van der Waals surface area contributed by atoms with Gasteiger partial charge in [-0.3, -0.25) is 14.3 Å². The van der Waals surface area contributed by atoms with Gasteiger partial charge in [0.2, 0.25) is 5.91 Å². The van der Waals surface area contributed by atoms with Crippen molar-refractivity contribution in [1.29, 1.82) is 0 Å². The minimum Gasteiger partial charge on any atom is -0.354 e. The number of carbonyl (C=O) groups excluding carboxylic acids is 2. The lowest BCUT2D eigenvalue weighted by atomic mass is 10.1. The van der Waals surface area contributed by atoms with E-state index in [1.807, 2.05) is 0 Å². The number of hydrogen-bond acceptors (Lipinski definition) is 4. The Labute approximate surface area is 169 Å². The summed E-state index contributed by atoms with van der Waals surface area (Å²) in [4.78, 5) is 23.9. The fourth-order valence-electron chi connectivity index (χ4n) is 2.41. The second kappa shape index (κ2) is 9.51. The van der Waals surface area contributed by atoms with Gasteiger partial charge in [0.25, 0.3) is 15.9 Å². The van der Waals surface area contributed by atoms with Crippen LogP contribution in [0.1, 0.15) is 29.8 Å². The van der Waals surface area contributed by atoms with Crippen molar-refractivity contribution in [3.8, 4) is 0 Å². The van der Waals surface area contributed by atoms with Gasteiger partial charge in [0.05, 0.1) is 4.90 Å². The van der Waals surface area contributed by atoms with Crippen LogP contribution in [0, 0.1) is 18.7 Å². The van der Waals surface area contributed by atoms with Crippen molar-refractivity contribution < 1.29 is 22.4 Å². The van der Waals surface area contributed by atoms with E-state index in [4.69, 9.17) is 0 Å². The SMILES string of the molecule is Cc1ccc(S(=O)(=O)Nc2ccc(F)cc2)cc1C(=O)NCCNC(=O)C(C)C. The van der Waals surface area contributed by atoms with Crippen LogP contribution < -0.4 is 15.4 Å². The molecule has 0 unspecified atom stereocenters. The number of rotatable bonds is 8. The van der Waals surface area contributed by atoms with E-state index in [9.17, 15) is 22.4 Å². The molecular formula is C20H24FN3O4S. The first-order valence-electron chi connectivity index (χ1n) is 9.05. The normalized spacial score (nSPS) is 11.2. The maximum Gasteiger partial charge on any atom is 0.261 e. The third kappa shape index (κ3) is 6.28. The fourth-order valence-corrected chi connectivity index (χ4v) is 3.49. The highest BCUT2D eigenvalue weighted by atomic mass is 32.2. The van der Waals surface area contributed by atoms with Crippen LogP contribution in [0.4, 0.5) is 10.1 Å². The molecule has 2 rings (SSSR count). The first-order chi connectivity index (χ1) is 13.6. The van der Waals surface area contributed by atoms with E-state index in [2.05, 4.69) is 15.4 Å². The Bertz CT molecular complexity index is 989. The van der Waals surface area contributed by atoms with E-state index in [1.165, 1.54) is 30.3 Å². The number of benzene rings is 2. The standard InChI is InChI=1S/C20H24FN3O4S/c1-13(2)19(25)22-10-11-23-20(26)18-12-17(9-4-14(18)3)29(27,28)24-16-7-5-15(21)6-8-16/h4-9,12-13,24H,10-11H2,1-3H3,(H,22,25)(H,23,26). The molecule has 7 nitrogen and oxygen atoms in total. The van der Waals surface area contributed by atoms with Crippen molar-refractivity contribution in [2.75, 3.05) is 17.8 Å². The summed E-state index contributed by atoms with van der Waals surface area (Å²) in [5.74, 6) is -1.19. The topological polar surface area (TPSA) is 104 Å². The first-order valence-corrected chi connectivity index (χ1v) is 10.5. The molecule has 0 saturated heterocycles. The highest BCUT2D eigenvalue weighted by Gasteiger charge is 2.18. The second-order valence-electron chi connectivity index (χ2n) is 6.79. The van der Waals surface area contributed by atoms with Crippen LogP contribution in [0.5, 0.6) is 0 Å². The van der Waals surface area contributed by atoms with Gasteiger partial charge < -0.3 is 10.6 Å². The van der Waals surface area contributed by atoms with Gasteiger partial charge in [0, 0.05) is 30.3 Å². The monoisotopic (exact) mass is 421 g/mol. The largest absolute Gasteiger partial charge is 0.354 e. The third-order valence-corrected chi connectivity index (χ3v) is 5.47. The molecule has 0 aliphatic carbocycles. The third-order valence-electron chi connectivity index (χ3n) is 4.09. The summed E-state index contributed by atoms with van der Waals surface area (Å²) in [6.07, 6.45) is 0. The lowest BCUT2D eigenvalue weighted by Gasteiger charge is -2.12. The second-order valence-corrected chi connectivity index (χ2v) is 8.47. The van der Waals surface area contributed by atoms with E-state index in [0.29, 0.717) is 5.56 Å². The average Bonchev–Trinajstić information content (AvgIpc) is 2.66. The van der Waals surface area contributed by atoms with E-state index < -0.39 is 21.7 Å². The molecule has 2 aromatic carbocycles. The molecule has 0 atom stereocenters. The van der Waals surface area contributed by atoms with E-state index in [-0.39, 0.29) is 41.1 Å². The summed E-state index contributed by atoms with van der Waals surface area (Å²) in [6.45, 7) is 5.71. The summed E-state index contributed by atoms with van der Waals surface area (Å²) in [7, 11) is -3.95. The summed E-state index contributed by atoms with van der Waals surface area (Å²) in [6, 6.07) is 9.10. The number of halogens is 1. The molecule has 0 bridgehead atoms. The van der Waals surface area contributed by atoms with Gasteiger partial charge in [0.1, 0.15) is 5.82 Å². The molecule has 0 saturated carbocycles. The Morgan fingerprint density at radius 3 is 2.24 bits per heavy atom. The molecule has 2 amide bonds. The van der Waals surface area contributed by atoms with Crippen molar-refractivity contribution in [2.24, 2.45) is 5.92 Å². The number of amides is 2. The van der Waals surface area contributed by atoms with Crippen LogP contribution in [0.15, 0.2) is 47.4 Å². The van der Waals surface area contributed by atoms with E-state index in [1.54, 1.807) is 20.8 Å².